The number of rotatable bonds is 3. The minimum Gasteiger partial charge on any atom is -0.363 e. The predicted molar refractivity (Wildman–Crippen MR) is 64.0 cm³/mol. The average molecular weight is 255 g/mol. The Morgan fingerprint density at radius 1 is 1.28 bits per heavy atom. The molecule has 0 unspecified atom stereocenters. The van der Waals surface area contributed by atoms with Gasteiger partial charge in [0.1, 0.15) is 5.82 Å². The van der Waals surface area contributed by atoms with Crippen molar-refractivity contribution in [3.05, 3.63) is 18.0 Å². The molecule has 0 saturated carbocycles. The van der Waals surface area contributed by atoms with E-state index in [0.29, 0.717) is 17.3 Å². The number of fused-ring (bicyclic) bond motifs is 1. The van der Waals surface area contributed by atoms with E-state index >= 15 is 0 Å². The molecular weight excluding hydrogens is 240 g/mol. The van der Waals surface area contributed by atoms with Gasteiger partial charge in [-0.1, -0.05) is 20.8 Å². The van der Waals surface area contributed by atoms with Crippen molar-refractivity contribution in [2.45, 2.75) is 32.6 Å². The molecule has 0 atom stereocenters. The van der Waals surface area contributed by atoms with Gasteiger partial charge in [-0.05, 0) is 12.1 Å². The van der Waals surface area contributed by atoms with Crippen LogP contribution in [0.1, 0.15) is 26.6 Å². The van der Waals surface area contributed by atoms with Crippen LogP contribution in [0.2, 0.25) is 0 Å². The molecule has 2 aromatic rings. The maximum Gasteiger partial charge on any atom is 0.255 e. The topological polar surface area (TPSA) is 55.1 Å². The number of nitrogens with zero attached hydrogens (tertiary/aromatic N) is 4. The van der Waals surface area contributed by atoms with Crippen molar-refractivity contribution in [3.63, 3.8) is 0 Å². The zero-order valence-electron chi connectivity index (χ0n) is 10.5. The second-order valence-electron chi connectivity index (χ2n) is 5.03. The molecular formula is C11H15F2N5. The third kappa shape index (κ3) is 2.55. The van der Waals surface area contributed by atoms with Gasteiger partial charge in [0, 0.05) is 5.41 Å². The summed E-state index contributed by atoms with van der Waals surface area (Å²) in [5.74, 6) is 1.08. The van der Waals surface area contributed by atoms with Gasteiger partial charge < -0.3 is 5.32 Å². The van der Waals surface area contributed by atoms with E-state index in [1.807, 2.05) is 20.8 Å². The first kappa shape index (κ1) is 12.7. The van der Waals surface area contributed by atoms with Gasteiger partial charge in [-0.15, -0.1) is 15.3 Å². The molecule has 98 valence electrons. The van der Waals surface area contributed by atoms with Crippen molar-refractivity contribution < 1.29 is 8.78 Å². The number of nitrogens with one attached hydrogen (secondary N) is 1. The third-order valence-corrected chi connectivity index (χ3v) is 2.37. The summed E-state index contributed by atoms with van der Waals surface area (Å²) in [7, 11) is 0. The average Bonchev–Trinajstić information content (AvgIpc) is 2.68. The quantitative estimate of drug-likeness (QED) is 0.912. The largest absolute Gasteiger partial charge is 0.363 e. The van der Waals surface area contributed by atoms with Crippen molar-refractivity contribution in [3.8, 4) is 0 Å². The van der Waals surface area contributed by atoms with Crippen molar-refractivity contribution in [2.24, 2.45) is 0 Å². The van der Waals surface area contributed by atoms with Crippen LogP contribution in [0.3, 0.4) is 0 Å². The fraction of sp³-hybridized carbons (Fsp3) is 0.545. The summed E-state index contributed by atoms with van der Waals surface area (Å²) < 4.78 is 25.8. The Bertz CT molecular complexity index is 544. The normalized spacial score (nSPS) is 12.3. The van der Waals surface area contributed by atoms with E-state index in [-0.39, 0.29) is 5.41 Å². The van der Waals surface area contributed by atoms with Crippen LogP contribution in [-0.2, 0) is 5.41 Å². The summed E-state index contributed by atoms with van der Waals surface area (Å²) in [4.78, 5) is 0. The zero-order valence-corrected chi connectivity index (χ0v) is 10.5. The maximum atomic E-state index is 12.1. The summed E-state index contributed by atoms with van der Waals surface area (Å²) in [6, 6.07) is 3.31. The van der Waals surface area contributed by atoms with E-state index in [2.05, 4.69) is 20.6 Å². The molecule has 0 saturated heterocycles. The Labute approximate surface area is 103 Å². The first-order valence-corrected chi connectivity index (χ1v) is 5.63. The molecule has 0 fully saturated rings. The molecule has 0 bridgehead atoms. The van der Waals surface area contributed by atoms with Gasteiger partial charge in [0.15, 0.2) is 11.5 Å². The first-order valence-electron chi connectivity index (χ1n) is 5.63. The smallest absolute Gasteiger partial charge is 0.255 e. The summed E-state index contributed by atoms with van der Waals surface area (Å²) in [5.41, 5.74) is 0.385. The van der Waals surface area contributed by atoms with Crippen LogP contribution in [-0.4, -0.2) is 32.8 Å². The Morgan fingerprint density at radius 3 is 2.61 bits per heavy atom. The van der Waals surface area contributed by atoms with Gasteiger partial charge >= 0.3 is 0 Å². The van der Waals surface area contributed by atoms with Crippen LogP contribution in [0, 0.1) is 0 Å². The predicted octanol–water partition coefficient (Wildman–Crippen LogP) is 2.10. The number of hydrogen-bond acceptors (Lipinski definition) is 4. The lowest BCUT2D eigenvalue weighted by Gasteiger charge is -2.15. The van der Waals surface area contributed by atoms with Gasteiger partial charge in [-0.25, -0.2) is 8.78 Å². The van der Waals surface area contributed by atoms with E-state index in [9.17, 15) is 8.78 Å². The fourth-order valence-corrected chi connectivity index (χ4v) is 1.53. The summed E-state index contributed by atoms with van der Waals surface area (Å²) in [5, 5.41) is 14.9. The van der Waals surface area contributed by atoms with Crippen LogP contribution in [0.25, 0.3) is 5.65 Å². The number of halogens is 2. The van der Waals surface area contributed by atoms with Crippen LogP contribution >= 0.6 is 0 Å². The van der Waals surface area contributed by atoms with Gasteiger partial charge in [-0.2, -0.15) is 4.52 Å². The van der Waals surface area contributed by atoms with Gasteiger partial charge in [-0.3, -0.25) is 0 Å². The highest BCUT2D eigenvalue weighted by atomic mass is 19.3. The molecule has 0 amide bonds. The van der Waals surface area contributed by atoms with Crippen molar-refractivity contribution in [2.75, 3.05) is 11.9 Å². The molecule has 0 aliphatic rings. The molecule has 18 heavy (non-hydrogen) atoms. The summed E-state index contributed by atoms with van der Waals surface area (Å²) in [6.07, 6.45) is -2.41. The van der Waals surface area contributed by atoms with Crippen LogP contribution in [0.5, 0.6) is 0 Å². The summed E-state index contributed by atoms with van der Waals surface area (Å²) >= 11 is 0. The Balaban J connectivity index is 2.36. The van der Waals surface area contributed by atoms with Crippen LogP contribution < -0.4 is 5.32 Å². The standard InChI is InChI=1S/C11H15F2N5/c1-11(2,3)10-16-15-9-5-4-8(17-18(9)10)14-6-7(12)13/h4-5,7H,6H2,1-3H3,(H,14,17). The number of anilines is 1. The second kappa shape index (κ2) is 4.47. The molecule has 0 radical (unpaired) electrons. The Kier molecular flexibility index (Phi) is 3.14. The van der Waals surface area contributed by atoms with Gasteiger partial charge in [0.2, 0.25) is 0 Å². The molecule has 5 nitrogen and oxygen atoms in total. The molecule has 2 aromatic heterocycles. The lowest BCUT2D eigenvalue weighted by atomic mass is 9.96. The van der Waals surface area contributed by atoms with E-state index in [1.165, 1.54) is 0 Å². The van der Waals surface area contributed by atoms with Crippen molar-refractivity contribution in [1.82, 2.24) is 19.8 Å². The lowest BCUT2D eigenvalue weighted by molar-refractivity contribution is 0.163. The maximum absolute atomic E-state index is 12.1. The Hall–Kier alpha value is -1.79. The van der Waals surface area contributed by atoms with E-state index in [0.717, 1.165) is 0 Å². The highest BCUT2D eigenvalue weighted by Gasteiger charge is 2.21. The molecule has 2 rings (SSSR count). The SMILES string of the molecule is CC(C)(C)c1nnc2ccc(NCC(F)F)nn12. The number of aromatic nitrogens is 4. The molecule has 7 heteroatoms. The Morgan fingerprint density at radius 2 is 2.00 bits per heavy atom. The minimum atomic E-state index is -2.41. The van der Waals surface area contributed by atoms with Gasteiger partial charge in [0.05, 0.1) is 6.54 Å². The van der Waals surface area contributed by atoms with Crippen LogP contribution in [0.4, 0.5) is 14.6 Å². The molecule has 0 spiro atoms. The highest BCUT2D eigenvalue weighted by Crippen LogP contribution is 2.20. The monoisotopic (exact) mass is 255 g/mol. The van der Waals surface area contributed by atoms with E-state index < -0.39 is 13.0 Å². The van der Waals surface area contributed by atoms with Gasteiger partial charge in [0.25, 0.3) is 6.43 Å². The molecule has 0 aliphatic carbocycles. The molecule has 0 aromatic carbocycles. The molecule has 1 N–H and O–H groups in total. The molecule has 2 heterocycles. The van der Waals surface area contributed by atoms with E-state index in [1.54, 1.807) is 16.6 Å². The minimum absolute atomic E-state index is 0.215. The highest BCUT2D eigenvalue weighted by molar-refractivity contribution is 5.44. The second-order valence-corrected chi connectivity index (χ2v) is 5.03. The van der Waals surface area contributed by atoms with Crippen LogP contribution in [0.15, 0.2) is 12.1 Å². The zero-order chi connectivity index (χ0) is 13.3. The van der Waals surface area contributed by atoms with E-state index in [4.69, 9.17) is 0 Å². The van der Waals surface area contributed by atoms with Crippen molar-refractivity contribution in [1.29, 1.82) is 0 Å². The fourth-order valence-electron chi connectivity index (χ4n) is 1.53. The third-order valence-electron chi connectivity index (χ3n) is 2.37. The lowest BCUT2D eigenvalue weighted by Crippen LogP contribution is -2.18. The first-order chi connectivity index (χ1) is 8.38. The molecule has 0 aliphatic heterocycles. The number of hydrogen-bond donors (Lipinski definition) is 1. The summed E-state index contributed by atoms with van der Waals surface area (Å²) in [6.45, 7) is 5.55. The number of alkyl halides is 2. The van der Waals surface area contributed by atoms with Crippen molar-refractivity contribution >= 4 is 11.5 Å².